The van der Waals surface area contributed by atoms with Gasteiger partial charge in [-0.3, -0.25) is 14.5 Å². The first-order valence-electron chi connectivity index (χ1n) is 12.7. The summed E-state index contributed by atoms with van der Waals surface area (Å²) < 4.78 is 13.8. The topological polar surface area (TPSA) is 105 Å². The first-order valence-corrected chi connectivity index (χ1v) is 12.7. The van der Waals surface area contributed by atoms with Gasteiger partial charge in [0, 0.05) is 56.0 Å². The molecule has 38 heavy (non-hydrogen) atoms. The summed E-state index contributed by atoms with van der Waals surface area (Å²) in [4.78, 5) is 18.2. The van der Waals surface area contributed by atoms with Crippen LogP contribution in [-0.4, -0.2) is 51.9 Å². The molecule has 9 heteroatoms. The summed E-state index contributed by atoms with van der Waals surface area (Å²) in [5, 5.41) is 19.4. The fraction of sp³-hybridized carbons (Fsp3) is 0.310. The zero-order valence-electron chi connectivity index (χ0n) is 22.2. The maximum absolute atomic E-state index is 11.9. The molecule has 0 bridgehead atoms. The second-order valence-electron chi connectivity index (χ2n) is 8.66. The van der Waals surface area contributed by atoms with E-state index in [1.54, 1.807) is 29.1 Å². The van der Waals surface area contributed by atoms with Gasteiger partial charge in [0.2, 0.25) is 5.91 Å². The third-order valence-electron chi connectivity index (χ3n) is 6.52. The fourth-order valence-electron chi connectivity index (χ4n) is 4.64. The number of fused-ring (bicyclic) bond motifs is 2. The van der Waals surface area contributed by atoms with E-state index in [9.17, 15) is 10.1 Å². The van der Waals surface area contributed by atoms with Crippen LogP contribution >= 0.6 is 0 Å². The molecule has 0 spiro atoms. The van der Waals surface area contributed by atoms with Crippen molar-refractivity contribution in [2.45, 2.75) is 32.8 Å². The van der Waals surface area contributed by atoms with E-state index < -0.39 is 0 Å². The van der Waals surface area contributed by atoms with Gasteiger partial charge >= 0.3 is 0 Å². The van der Waals surface area contributed by atoms with Crippen LogP contribution in [0.25, 0.3) is 21.8 Å². The van der Waals surface area contributed by atoms with Crippen molar-refractivity contribution < 1.29 is 14.3 Å². The summed E-state index contributed by atoms with van der Waals surface area (Å²) in [6.07, 6.45) is 6.03. The Balaban J connectivity index is 0.00000164. The molecule has 1 aliphatic rings. The fourth-order valence-corrected chi connectivity index (χ4v) is 4.64. The molecule has 1 fully saturated rings. The van der Waals surface area contributed by atoms with Gasteiger partial charge in [-0.2, -0.15) is 10.4 Å². The maximum atomic E-state index is 11.9. The van der Waals surface area contributed by atoms with Crippen LogP contribution in [0.15, 0.2) is 55.4 Å². The Bertz CT molecular complexity index is 1510. The number of aryl methyl sites for hydroxylation is 1. The van der Waals surface area contributed by atoms with Crippen molar-refractivity contribution >= 4 is 39.1 Å². The van der Waals surface area contributed by atoms with Gasteiger partial charge in [0.15, 0.2) is 11.5 Å². The number of aromatic nitrogens is 3. The number of pyridine rings is 1. The summed E-state index contributed by atoms with van der Waals surface area (Å²) in [6, 6.07) is 11.8. The molecule has 1 saturated heterocycles. The second kappa shape index (κ2) is 11.6. The van der Waals surface area contributed by atoms with Crippen molar-refractivity contribution in [2.75, 3.05) is 25.5 Å². The minimum atomic E-state index is -0.0723. The molecule has 0 atom stereocenters. The number of nitriles is 1. The predicted octanol–water partition coefficient (Wildman–Crippen LogP) is 5.33. The van der Waals surface area contributed by atoms with Gasteiger partial charge in [0.05, 0.1) is 41.3 Å². The highest BCUT2D eigenvalue weighted by atomic mass is 16.5. The number of nitrogens with zero attached hydrogens (tertiary/aromatic N) is 5. The van der Waals surface area contributed by atoms with Crippen LogP contribution in [0.5, 0.6) is 11.5 Å². The van der Waals surface area contributed by atoms with Gasteiger partial charge < -0.3 is 19.7 Å². The third-order valence-corrected chi connectivity index (χ3v) is 6.52. The van der Waals surface area contributed by atoms with E-state index in [0.717, 1.165) is 22.0 Å². The number of anilines is 2. The Morgan fingerprint density at radius 3 is 2.66 bits per heavy atom. The lowest BCUT2D eigenvalue weighted by molar-refractivity contribution is -0.127. The number of benzene rings is 2. The number of likely N-dealkylation sites (tertiary alicyclic amines) is 1. The average molecular weight is 513 g/mol. The van der Waals surface area contributed by atoms with E-state index in [1.165, 1.54) is 6.08 Å². The maximum Gasteiger partial charge on any atom is 0.245 e. The highest BCUT2D eigenvalue weighted by Gasteiger charge is 2.24. The van der Waals surface area contributed by atoms with Crippen molar-refractivity contribution in [3.63, 3.8) is 0 Å². The molecule has 3 heterocycles. The molecule has 1 amide bonds. The first-order chi connectivity index (χ1) is 18.5. The van der Waals surface area contributed by atoms with Crippen molar-refractivity contribution in [1.29, 1.82) is 5.26 Å². The Labute approximate surface area is 222 Å². The van der Waals surface area contributed by atoms with E-state index in [4.69, 9.17) is 9.47 Å². The zero-order valence-corrected chi connectivity index (χ0v) is 22.2. The lowest BCUT2D eigenvalue weighted by atomic mass is 10.1. The molecule has 1 N–H and O–H groups in total. The number of hydrogen-bond donors (Lipinski definition) is 1. The number of nitrogens with one attached hydrogen (secondary N) is 1. The molecular weight excluding hydrogens is 480 g/mol. The summed E-state index contributed by atoms with van der Waals surface area (Å²) in [7, 11) is 3.47. The molecule has 1 aliphatic heterocycles. The molecule has 0 unspecified atom stereocenters. The molecule has 196 valence electrons. The average Bonchev–Trinajstić information content (AvgIpc) is 3.35. The normalized spacial score (nSPS) is 13.4. The van der Waals surface area contributed by atoms with Gasteiger partial charge in [-0.15, -0.1) is 0 Å². The Hall–Kier alpha value is -4.58. The van der Waals surface area contributed by atoms with E-state index in [2.05, 4.69) is 28.0 Å². The summed E-state index contributed by atoms with van der Waals surface area (Å²) in [5.74, 6) is 1.06. The predicted molar refractivity (Wildman–Crippen MR) is 149 cm³/mol. The van der Waals surface area contributed by atoms with Gasteiger partial charge in [0.25, 0.3) is 0 Å². The van der Waals surface area contributed by atoms with Crippen LogP contribution in [-0.2, 0) is 11.8 Å². The van der Waals surface area contributed by atoms with Crippen molar-refractivity contribution in [1.82, 2.24) is 19.7 Å². The van der Waals surface area contributed by atoms with Crippen molar-refractivity contribution in [2.24, 2.45) is 7.05 Å². The van der Waals surface area contributed by atoms with E-state index in [-0.39, 0.29) is 12.0 Å². The molecule has 5 rings (SSSR count). The molecular formula is C29H32N6O3. The number of rotatable bonds is 6. The monoisotopic (exact) mass is 512 g/mol. The molecule has 2 aromatic carbocycles. The zero-order chi connectivity index (χ0) is 27.2. The molecule has 9 nitrogen and oxygen atoms in total. The standard InChI is InChI=1S/C27H26N6O3.C2H6/c1-4-25(34)33-10-8-19(9-11-33)36-24-12-20-22(13-23(24)35-3)29-15-18(14-28)26(20)31-21-7-5-6-17-16-30-32(2)27(17)21;1-2/h4-7,12-13,15-16,19H,1,8-11H2,2-3H3,(H,29,31);1-2H3. The van der Waals surface area contributed by atoms with Crippen LogP contribution < -0.4 is 14.8 Å². The minimum absolute atomic E-state index is 0.0639. The van der Waals surface area contributed by atoms with E-state index >= 15 is 0 Å². The van der Waals surface area contributed by atoms with Gasteiger partial charge in [-0.1, -0.05) is 32.6 Å². The number of piperidine rings is 1. The third kappa shape index (κ3) is 5.11. The SMILES string of the molecule is C=CC(=O)N1CCC(Oc2cc3c(Nc4cccc5cnn(C)c45)c(C#N)cnc3cc2OC)CC1.CC. The van der Waals surface area contributed by atoms with Crippen molar-refractivity contribution in [3.8, 4) is 17.6 Å². The summed E-state index contributed by atoms with van der Waals surface area (Å²) in [5.41, 5.74) is 3.47. The van der Waals surface area contributed by atoms with Crippen LogP contribution in [0.4, 0.5) is 11.4 Å². The number of methoxy groups -OCH3 is 1. The molecule has 0 aliphatic carbocycles. The molecule has 2 aromatic heterocycles. The lowest BCUT2D eigenvalue weighted by Crippen LogP contribution is -2.41. The number of ether oxygens (including phenoxy) is 2. The largest absolute Gasteiger partial charge is 0.493 e. The Morgan fingerprint density at radius 1 is 1.21 bits per heavy atom. The van der Waals surface area contributed by atoms with Gasteiger partial charge in [-0.25, -0.2) is 0 Å². The minimum Gasteiger partial charge on any atom is -0.493 e. The lowest BCUT2D eigenvalue weighted by Gasteiger charge is -2.31. The quantitative estimate of drug-likeness (QED) is 0.348. The van der Waals surface area contributed by atoms with Crippen LogP contribution in [0.2, 0.25) is 0 Å². The smallest absolute Gasteiger partial charge is 0.245 e. The first kappa shape index (κ1) is 26.5. The summed E-state index contributed by atoms with van der Waals surface area (Å²) in [6.45, 7) is 8.77. The van der Waals surface area contributed by atoms with E-state index in [1.807, 2.05) is 51.2 Å². The van der Waals surface area contributed by atoms with E-state index in [0.29, 0.717) is 54.2 Å². The number of para-hydroxylation sites is 1. The summed E-state index contributed by atoms with van der Waals surface area (Å²) >= 11 is 0. The van der Waals surface area contributed by atoms with Crippen molar-refractivity contribution in [3.05, 3.63) is 60.9 Å². The molecule has 0 radical (unpaired) electrons. The van der Waals surface area contributed by atoms with Crippen LogP contribution in [0.1, 0.15) is 32.3 Å². The Kier molecular flexibility index (Phi) is 8.12. The number of amides is 1. The van der Waals surface area contributed by atoms with Gasteiger partial charge in [0.1, 0.15) is 12.2 Å². The highest BCUT2D eigenvalue weighted by Crippen LogP contribution is 2.39. The highest BCUT2D eigenvalue weighted by molar-refractivity contribution is 6.01. The second-order valence-corrected chi connectivity index (χ2v) is 8.66. The van der Waals surface area contributed by atoms with Crippen LogP contribution in [0.3, 0.4) is 0 Å². The Morgan fingerprint density at radius 2 is 1.97 bits per heavy atom. The van der Waals surface area contributed by atoms with Crippen LogP contribution in [0, 0.1) is 11.3 Å². The number of hydrogen-bond acceptors (Lipinski definition) is 7. The van der Waals surface area contributed by atoms with Gasteiger partial charge in [-0.05, 0) is 18.2 Å². The molecule has 4 aromatic rings. The number of carbonyl (C=O) groups excluding carboxylic acids is 1. The molecule has 0 saturated carbocycles. The number of carbonyl (C=O) groups is 1.